The highest BCUT2D eigenvalue weighted by Crippen LogP contribution is 2.35. The molecule has 1 aliphatic heterocycles. The van der Waals surface area contributed by atoms with Crippen molar-refractivity contribution in [1.29, 1.82) is 0 Å². The maximum atomic E-state index is 12.5. The molecule has 0 N–H and O–H groups in total. The predicted octanol–water partition coefficient (Wildman–Crippen LogP) is 3.74. The lowest BCUT2D eigenvalue weighted by atomic mass is 9.94. The van der Waals surface area contributed by atoms with E-state index in [0.717, 1.165) is 37.0 Å². The van der Waals surface area contributed by atoms with Crippen molar-refractivity contribution in [3.63, 3.8) is 0 Å². The fourth-order valence-corrected chi connectivity index (χ4v) is 6.57. The Bertz CT molecular complexity index is 738. The van der Waals surface area contributed by atoms with E-state index in [1.807, 2.05) is 0 Å². The van der Waals surface area contributed by atoms with E-state index < -0.39 is 10.0 Å². The number of amidine groups is 1. The second-order valence-electron chi connectivity index (χ2n) is 5.67. The molecule has 9 heteroatoms. The summed E-state index contributed by atoms with van der Waals surface area (Å²) in [5.74, 6) is -0.0416. The number of amides is 1. The third-order valence-corrected chi connectivity index (χ3v) is 8.15. The third kappa shape index (κ3) is 3.60. The summed E-state index contributed by atoms with van der Waals surface area (Å²) in [5, 5.41) is 0.0109. The number of sulfonamides is 1. The zero-order chi connectivity index (χ0) is 16.6. The number of halogens is 1. The maximum Gasteiger partial charge on any atom is 0.294 e. The molecule has 1 amide bonds. The van der Waals surface area contributed by atoms with Crippen LogP contribution in [-0.2, 0) is 14.8 Å². The van der Waals surface area contributed by atoms with Gasteiger partial charge in [-0.3, -0.25) is 9.69 Å². The van der Waals surface area contributed by atoms with E-state index in [4.69, 9.17) is 11.6 Å². The molecule has 1 aliphatic carbocycles. The predicted molar refractivity (Wildman–Crippen MR) is 94.7 cm³/mol. The van der Waals surface area contributed by atoms with Crippen molar-refractivity contribution >= 4 is 55.8 Å². The highest BCUT2D eigenvalue weighted by atomic mass is 35.5. The van der Waals surface area contributed by atoms with Crippen molar-refractivity contribution in [2.75, 3.05) is 0 Å². The SMILES string of the molecule is C[C@@H]1SC(=NS(=O)(=O)c2ccc(Cl)s2)N(C2CCCCC2)C1=O. The van der Waals surface area contributed by atoms with E-state index in [0.29, 0.717) is 9.50 Å². The van der Waals surface area contributed by atoms with Crippen LogP contribution in [0, 0.1) is 0 Å². The van der Waals surface area contributed by atoms with Crippen molar-refractivity contribution in [3.8, 4) is 0 Å². The quantitative estimate of drug-likeness (QED) is 0.785. The molecule has 0 radical (unpaired) electrons. The minimum absolute atomic E-state index is 0.0416. The van der Waals surface area contributed by atoms with Crippen LogP contribution in [0.4, 0.5) is 0 Å². The summed E-state index contributed by atoms with van der Waals surface area (Å²) in [6.45, 7) is 1.79. The second-order valence-corrected chi connectivity index (χ2v) is 10.5. The molecule has 5 nitrogen and oxygen atoms in total. The lowest BCUT2D eigenvalue weighted by Crippen LogP contribution is -2.42. The zero-order valence-corrected chi connectivity index (χ0v) is 15.8. The Morgan fingerprint density at radius 3 is 2.57 bits per heavy atom. The first kappa shape index (κ1) is 17.3. The number of hydrogen-bond donors (Lipinski definition) is 0. The number of thiophene rings is 1. The summed E-state index contributed by atoms with van der Waals surface area (Å²) < 4.78 is 29.4. The summed E-state index contributed by atoms with van der Waals surface area (Å²) in [7, 11) is -3.83. The topological polar surface area (TPSA) is 66.8 Å². The minimum atomic E-state index is -3.83. The standard InChI is InChI=1S/C14H17ClN2O3S3/c1-9-13(18)17(10-5-3-2-4-6-10)14(21-9)16-23(19,20)12-8-7-11(15)22-12/h7-10H,2-6H2,1H3/t9-/m0/s1. The number of carbonyl (C=O) groups is 1. The highest BCUT2D eigenvalue weighted by Gasteiger charge is 2.40. The molecule has 0 bridgehead atoms. The number of hydrogen-bond acceptors (Lipinski definition) is 5. The highest BCUT2D eigenvalue weighted by molar-refractivity contribution is 8.16. The van der Waals surface area contributed by atoms with Gasteiger partial charge >= 0.3 is 0 Å². The fourth-order valence-electron chi connectivity index (χ4n) is 2.88. The number of thioether (sulfide) groups is 1. The first-order chi connectivity index (χ1) is 10.9. The van der Waals surface area contributed by atoms with E-state index in [2.05, 4.69) is 4.40 Å². The van der Waals surface area contributed by atoms with E-state index in [9.17, 15) is 13.2 Å². The summed E-state index contributed by atoms with van der Waals surface area (Å²) in [4.78, 5) is 14.1. The molecule has 1 saturated heterocycles. The molecule has 0 unspecified atom stereocenters. The van der Waals surface area contributed by atoms with E-state index >= 15 is 0 Å². The molecule has 3 rings (SSSR count). The summed E-state index contributed by atoms with van der Waals surface area (Å²) in [6.07, 6.45) is 5.10. The molecule has 0 spiro atoms. The van der Waals surface area contributed by atoms with E-state index in [1.54, 1.807) is 11.8 Å². The van der Waals surface area contributed by atoms with Gasteiger partial charge in [0.05, 0.1) is 9.59 Å². The zero-order valence-electron chi connectivity index (χ0n) is 12.6. The molecule has 126 valence electrons. The first-order valence-electron chi connectivity index (χ1n) is 7.48. The Balaban J connectivity index is 1.93. The Morgan fingerprint density at radius 2 is 1.96 bits per heavy atom. The van der Waals surface area contributed by atoms with Crippen LogP contribution in [0.5, 0.6) is 0 Å². The second kappa shape index (κ2) is 6.74. The van der Waals surface area contributed by atoms with Crippen LogP contribution in [-0.4, -0.2) is 35.7 Å². The van der Waals surface area contributed by atoms with Gasteiger partial charge in [-0.2, -0.15) is 8.42 Å². The Kier molecular flexibility index (Phi) is 5.06. The van der Waals surface area contributed by atoms with Gasteiger partial charge in [-0.1, -0.05) is 42.6 Å². The van der Waals surface area contributed by atoms with Crippen molar-refractivity contribution in [2.45, 2.75) is 54.5 Å². The number of nitrogens with zero attached hydrogens (tertiary/aromatic N) is 2. The van der Waals surface area contributed by atoms with Crippen molar-refractivity contribution in [1.82, 2.24) is 4.90 Å². The van der Waals surface area contributed by atoms with Crippen LogP contribution in [0.3, 0.4) is 0 Å². The van der Waals surface area contributed by atoms with Crippen molar-refractivity contribution in [2.24, 2.45) is 4.40 Å². The largest absolute Gasteiger partial charge is 0.294 e. The van der Waals surface area contributed by atoms with Crippen molar-refractivity contribution < 1.29 is 13.2 Å². The lowest BCUT2D eigenvalue weighted by Gasteiger charge is -2.30. The Morgan fingerprint density at radius 1 is 1.26 bits per heavy atom. The minimum Gasteiger partial charge on any atom is -0.287 e. The van der Waals surface area contributed by atoms with E-state index in [-0.39, 0.29) is 21.4 Å². The summed E-state index contributed by atoms with van der Waals surface area (Å²) >= 11 is 8.01. The van der Waals surface area contributed by atoms with Crippen LogP contribution < -0.4 is 0 Å². The van der Waals surface area contributed by atoms with Gasteiger partial charge < -0.3 is 0 Å². The summed E-state index contributed by atoms with van der Waals surface area (Å²) in [6, 6.07) is 3.05. The van der Waals surface area contributed by atoms with Gasteiger partial charge in [0.2, 0.25) is 5.91 Å². The van der Waals surface area contributed by atoms with Crippen LogP contribution in [0.1, 0.15) is 39.0 Å². The van der Waals surface area contributed by atoms with Crippen LogP contribution >= 0.6 is 34.7 Å². The number of carbonyl (C=O) groups excluding carboxylic acids is 1. The molecule has 1 aromatic rings. The smallest absolute Gasteiger partial charge is 0.287 e. The van der Waals surface area contributed by atoms with Gasteiger partial charge in [0, 0.05) is 6.04 Å². The van der Waals surface area contributed by atoms with Gasteiger partial charge in [0.1, 0.15) is 4.21 Å². The Hall–Kier alpha value is -0.570. The van der Waals surface area contributed by atoms with Crippen molar-refractivity contribution in [3.05, 3.63) is 16.5 Å². The molecule has 1 atom stereocenters. The molecule has 2 heterocycles. The average Bonchev–Trinajstić information content (AvgIpc) is 3.05. The Labute approximate surface area is 149 Å². The molecule has 1 saturated carbocycles. The molecular formula is C14H17ClN2O3S3. The van der Waals surface area contributed by atoms with Gasteiger partial charge in [-0.05, 0) is 31.9 Å². The lowest BCUT2D eigenvalue weighted by molar-refractivity contribution is -0.127. The van der Waals surface area contributed by atoms with Gasteiger partial charge in [0.15, 0.2) is 5.17 Å². The van der Waals surface area contributed by atoms with Crippen LogP contribution in [0.15, 0.2) is 20.7 Å². The molecular weight excluding hydrogens is 376 g/mol. The molecule has 2 fully saturated rings. The summed E-state index contributed by atoms with van der Waals surface area (Å²) in [5.41, 5.74) is 0. The normalized spacial score (nSPS) is 25.5. The van der Waals surface area contributed by atoms with Crippen LogP contribution in [0.25, 0.3) is 0 Å². The monoisotopic (exact) mass is 392 g/mol. The van der Waals surface area contributed by atoms with Crippen LogP contribution in [0.2, 0.25) is 4.34 Å². The third-order valence-electron chi connectivity index (χ3n) is 4.01. The first-order valence-corrected chi connectivity index (χ1v) is 11.0. The fraction of sp³-hybridized carbons (Fsp3) is 0.571. The molecule has 0 aromatic carbocycles. The molecule has 1 aromatic heterocycles. The molecule has 23 heavy (non-hydrogen) atoms. The van der Waals surface area contributed by atoms with Gasteiger partial charge in [-0.15, -0.1) is 15.7 Å². The average molecular weight is 393 g/mol. The maximum absolute atomic E-state index is 12.5. The number of rotatable bonds is 3. The van der Waals surface area contributed by atoms with E-state index in [1.165, 1.54) is 30.3 Å². The molecule has 2 aliphatic rings. The van der Waals surface area contributed by atoms with Gasteiger partial charge in [-0.25, -0.2) is 0 Å². The van der Waals surface area contributed by atoms with Gasteiger partial charge in [0.25, 0.3) is 10.0 Å².